The van der Waals surface area contributed by atoms with Crippen molar-refractivity contribution in [2.24, 2.45) is 0 Å². The normalized spacial score (nSPS) is 19.2. The van der Waals surface area contributed by atoms with Gasteiger partial charge < -0.3 is 15.4 Å². The van der Waals surface area contributed by atoms with Crippen molar-refractivity contribution in [1.29, 1.82) is 5.26 Å². The van der Waals surface area contributed by atoms with Crippen LogP contribution in [0.2, 0.25) is 0 Å². The predicted molar refractivity (Wildman–Crippen MR) is 96.8 cm³/mol. The topological polar surface area (TPSA) is 99.9 Å². The number of nitriles is 1. The Hall–Kier alpha value is -3.14. The minimum Gasteiger partial charge on any atom is -0.472 e. The first-order valence-electron chi connectivity index (χ1n) is 8.66. The molecule has 1 aliphatic carbocycles. The number of urea groups is 1. The Morgan fingerprint density at radius 2 is 1.85 bits per heavy atom. The van der Waals surface area contributed by atoms with Crippen LogP contribution in [-0.4, -0.2) is 28.1 Å². The van der Waals surface area contributed by atoms with Crippen molar-refractivity contribution in [3.05, 3.63) is 47.9 Å². The zero-order valence-corrected chi connectivity index (χ0v) is 14.6. The van der Waals surface area contributed by atoms with Gasteiger partial charge in [-0.15, -0.1) is 0 Å². The van der Waals surface area contributed by atoms with E-state index in [0.717, 1.165) is 36.9 Å². The number of nitrogens with zero attached hydrogens (tertiary/aromatic N) is 3. The Balaban J connectivity index is 1.45. The summed E-state index contributed by atoms with van der Waals surface area (Å²) in [5.41, 5.74) is 2.12. The molecule has 1 aliphatic rings. The number of amides is 2. The largest absolute Gasteiger partial charge is 0.472 e. The highest BCUT2D eigenvalue weighted by molar-refractivity contribution is 5.89. The van der Waals surface area contributed by atoms with Crippen molar-refractivity contribution in [1.82, 2.24) is 15.3 Å². The van der Waals surface area contributed by atoms with E-state index >= 15 is 0 Å². The van der Waals surface area contributed by atoms with Crippen LogP contribution in [0.3, 0.4) is 0 Å². The molecule has 3 rings (SSSR count). The van der Waals surface area contributed by atoms with Crippen LogP contribution in [0, 0.1) is 18.3 Å². The van der Waals surface area contributed by atoms with Gasteiger partial charge in [-0.25, -0.2) is 14.8 Å². The minimum atomic E-state index is -0.195. The highest BCUT2D eigenvalue weighted by Crippen LogP contribution is 2.24. The Morgan fingerprint density at radius 3 is 2.54 bits per heavy atom. The third kappa shape index (κ3) is 4.70. The maximum Gasteiger partial charge on any atom is 0.319 e. The van der Waals surface area contributed by atoms with Gasteiger partial charge in [0.1, 0.15) is 12.2 Å². The lowest BCUT2D eigenvalue weighted by molar-refractivity contribution is 0.134. The van der Waals surface area contributed by atoms with Gasteiger partial charge in [0.15, 0.2) is 0 Å². The van der Waals surface area contributed by atoms with Gasteiger partial charge in [0.2, 0.25) is 5.69 Å². The van der Waals surface area contributed by atoms with Crippen molar-refractivity contribution >= 4 is 11.7 Å². The first kappa shape index (κ1) is 17.7. The quantitative estimate of drug-likeness (QED) is 0.881. The van der Waals surface area contributed by atoms with Crippen LogP contribution in [0.5, 0.6) is 5.88 Å². The second-order valence-corrected chi connectivity index (χ2v) is 6.38. The van der Waals surface area contributed by atoms with E-state index in [1.807, 2.05) is 37.3 Å². The second-order valence-electron chi connectivity index (χ2n) is 6.38. The SMILES string of the molecule is Cc1ccc(NC(=O)NC2CCC(Oc3nccnc3C#N)CC2)cc1. The molecule has 1 aromatic heterocycles. The smallest absolute Gasteiger partial charge is 0.319 e. The van der Waals surface area contributed by atoms with Crippen molar-refractivity contribution in [2.75, 3.05) is 5.32 Å². The molecule has 1 heterocycles. The van der Waals surface area contributed by atoms with Crippen LogP contribution in [-0.2, 0) is 0 Å². The number of carbonyl (C=O) groups is 1. The molecule has 2 aromatic rings. The lowest BCUT2D eigenvalue weighted by Gasteiger charge is -2.29. The number of anilines is 1. The highest BCUT2D eigenvalue weighted by Gasteiger charge is 2.24. The molecule has 0 atom stereocenters. The van der Waals surface area contributed by atoms with E-state index in [1.165, 1.54) is 12.4 Å². The van der Waals surface area contributed by atoms with Crippen LogP contribution >= 0.6 is 0 Å². The van der Waals surface area contributed by atoms with Gasteiger partial charge >= 0.3 is 6.03 Å². The number of aromatic nitrogens is 2. The third-order valence-electron chi connectivity index (χ3n) is 4.37. The van der Waals surface area contributed by atoms with E-state index in [2.05, 4.69) is 20.6 Å². The average molecular weight is 351 g/mol. The van der Waals surface area contributed by atoms with Crippen LogP contribution < -0.4 is 15.4 Å². The molecule has 1 aromatic carbocycles. The van der Waals surface area contributed by atoms with Gasteiger partial charge in [0, 0.05) is 24.1 Å². The zero-order valence-electron chi connectivity index (χ0n) is 14.6. The lowest BCUT2D eigenvalue weighted by atomic mass is 9.93. The van der Waals surface area contributed by atoms with E-state index < -0.39 is 0 Å². The number of benzene rings is 1. The molecular weight excluding hydrogens is 330 g/mol. The minimum absolute atomic E-state index is 0.0167. The van der Waals surface area contributed by atoms with E-state index in [4.69, 9.17) is 10.00 Å². The van der Waals surface area contributed by atoms with Crippen molar-refractivity contribution in [2.45, 2.75) is 44.8 Å². The van der Waals surface area contributed by atoms with E-state index in [1.54, 1.807) is 0 Å². The van der Waals surface area contributed by atoms with Crippen LogP contribution in [0.15, 0.2) is 36.7 Å². The van der Waals surface area contributed by atoms with Crippen LogP contribution in [0.1, 0.15) is 36.9 Å². The molecule has 2 amide bonds. The molecule has 2 N–H and O–H groups in total. The lowest BCUT2D eigenvalue weighted by Crippen LogP contribution is -2.41. The fourth-order valence-corrected chi connectivity index (χ4v) is 2.96. The monoisotopic (exact) mass is 351 g/mol. The molecule has 0 spiro atoms. The number of hydrogen-bond acceptors (Lipinski definition) is 5. The van der Waals surface area contributed by atoms with Gasteiger partial charge in [-0.1, -0.05) is 17.7 Å². The van der Waals surface area contributed by atoms with Gasteiger partial charge in [-0.3, -0.25) is 0 Å². The Bertz CT molecular complexity index is 792. The predicted octanol–water partition coefficient (Wildman–Crippen LogP) is 3.17. The molecule has 7 nitrogen and oxygen atoms in total. The number of nitrogens with one attached hydrogen (secondary N) is 2. The molecule has 0 saturated heterocycles. The van der Waals surface area contributed by atoms with E-state index in [-0.39, 0.29) is 29.8 Å². The molecule has 0 radical (unpaired) electrons. The van der Waals surface area contributed by atoms with Gasteiger partial charge in [0.05, 0.1) is 0 Å². The van der Waals surface area contributed by atoms with E-state index in [0.29, 0.717) is 0 Å². The van der Waals surface area contributed by atoms with Crippen molar-refractivity contribution < 1.29 is 9.53 Å². The molecule has 1 fully saturated rings. The standard InChI is InChI=1S/C19H21N5O2/c1-13-2-4-14(5-3-13)23-19(25)24-15-6-8-16(9-7-15)26-18-17(12-20)21-10-11-22-18/h2-5,10-11,15-16H,6-9H2,1H3,(H2,23,24,25). The molecule has 7 heteroatoms. The summed E-state index contributed by atoms with van der Waals surface area (Å²) in [6.07, 6.45) is 6.17. The molecule has 0 aliphatic heterocycles. The first-order chi connectivity index (χ1) is 12.6. The zero-order chi connectivity index (χ0) is 18.4. The fraction of sp³-hybridized carbons (Fsp3) is 0.368. The summed E-state index contributed by atoms with van der Waals surface area (Å²) in [6.45, 7) is 2.00. The van der Waals surface area contributed by atoms with Gasteiger partial charge in [-0.05, 0) is 44.7 Å². The number of hydrogen-bond donors (Lipinski definition) is 2. The molecule has 26 heavy (non-hydrogen) atoms. The van der Waals surface area contributed by atoms with Crippen LogP contribution in [0.25, 0.3) is 0 Å². The second kappa shape index (κ2) is 8.30. The molecular formula is C19H21N5O2. The first-order valence-corrected chi connectivity index (χ1v) is 8.66. The number of carbonyl (C=O) groups excluding carboxylic acids is 1. The number of ether oxygens (including phenoxy) is 1. The van der Waals surface area contributed by atoms with Gasteiger partial charge in [0.25, 0.3) is 5.88 Å². The summed E-state index contributed by atoms with van der Waals surface area (Å²) in [6, 6.07) is 9.58. The molecule has 0 unspecified atom stereocenters. The van der Waals surface area contributed by atoms with Crippen molar-refractivity contribution in [3.63, 3.8) is 0 Å². The van der Waals surface area contributed by atoms with Crippen molar-refractivity contribution in [3.8, 4) is 11.9 Å². The number of rotatable bonds is 4. The summed E-state index contributed by atoms with van der Waals surface area (Å²) >= 11 is 0. The summed E-state index contributed by atoms with van der Waals surface area (Å²) in [5.74, 6) is 0.281. The summed E-state index contributed by atoms with van der Waals surface area (Å²) < 4.78 is 5.81. The summed E-state index contributed by atoms with van der Waals surface area (Å²) in [5, 5.41) is 14.9. The Kier molecular flexibility index (Phi) is 5.64. The molecule has 1 saturated carbocycles. The third-order valence-corrected chi connectivity index (χ3v) is 4.37. The average Bonchev–Trinajstić information content (AvgIpc) is 2.65. The molecule has 0 bridgehead atoms. The number of aryl methyl sites for hydroxylation is 1. The maximum atomic E-state index is 12.1. The van der Waals surface area contributed by atoms with Gasteiger partial charge in [-0.2, -0.15) is 5.26 Å². The maximum absolute atomic E-state index is 12.1. The summed E-state index contributed by atoms with van der Waals surface area (Å²) in [4.78, 5) is 20.1. The summed E-state index contributed by atoms with van der Waals surface area (Å²) in [7, 11) is 0. The Morgan fingerprint density at radius 1 is 1.15 bits per heavy atom. The highest BCUT2D eigenvalue weighted by atomic mass is 16.5. The molecule has 134 valence electrons. The fourth-order valence-electron chi connectivity index (χ4n) is 2.96. The Labute approximate surface area is 152 Å². The van der Waals surface area contributed by atoms with Crippen LogP contribution in [0.4, 0.5) is 10.5 Å². The van der Waals surface area contributed by atoms with E-state index in [9.17, 15) is 4.79 Å².